The fourth-order valence-corrected chi connectivity index (χ4v) is 1.18. The molecule has 0 saturated heterocycles. The molecule has 0 aliphatic rings. The molecule has 0 amide bonds. The van der Waals surface area contributed by atoms with Gasteiger partial charge >= 0.3 is 0 Å². The number of rotatable bonds is 4. The van der Waals surface area contributed by atoms with Crippen LogP contribution in [0.5, 0.6) is 0 Å². The second-order valence-electron chi connectivity index (χ2n) is 2.47. The summed E-state index contributed by atoms with van der Waals surface area (Å²) in [4.78, 5) is 1.92. The molecule has 0 spiro atoms. The van der Waals surface area contributed by atoms with Crippen molar-refractivity contribution >= 4 is 11.6 Å². The van der Waals surface area contributed by atoms with Gasteiger partial charge in [0, 0.05) is 13.1 Å². The van der Waals surface area contributed by atoms with Gasteiger partial charge in [0.1, 0.15) is 22.9 Å². The lowest BCUT2D eigenvalue weighted by Gasteiger charge is -2.18. The summed E-state index contributed by atoms with van der Waals surface area (Å²) in [5.74, 6) is 0. The van der Waals surface area contributed by atoms with Crippen molar-refractivity contribution in [3.8, 4) is 12.1 Å². The number of hydrogen-bond donors (Lipinski definition) is 0. The zero-order chi connectivity index (χ0) is 11.0. The second kappa shape index (κ2) is 7.00. The van der Waals surface area contributed by atoms with E-state index in [0.29, 0.717) is 5.16 Å². The molecule has 0 aromatic carbocycles. The Morgan fingerprint density at radius 1 is 1.21 bits per heavy atom. The Kier molecular flexibility index (Phi) is 6.28. The van der Waals surface area contributed by atoms with E-state index in [0.717, 1.165) is 13.1 Å². The molecule has 0 rings (SSSR count). The quantitative estimate of drug-likeness (QED) is 0.406. The summed E-state index contributed by atoms with van der Waals surface area (Å²) in [5.41, 5.74) is 0.0512. The Labute approximate surface area is 89.5 Å². The van der Waals surface area contributed by atoms with Crippen LogP contribution in [-0.4, -0.2) is 18.0 Å². The molecule has 0 N–H and O–H groups in total. The molecule has 0 fully saturated rings. The number of nitrogens with zero attached hydrogens (tertiary/aromatic N) is 3. The van der Waals surface area contributed by atoms with E-state index in [1.165, 1.54) is 6.08 Å². The van der Waals surface area contributed by atoms with Crippen LogP contribution in [0.25, 0.3) is 0 Å². The van der Waals surface area contributed by atoms with Gasteiger partial charge in [-0.15, -0.1) is 0 Å². The first kappa shape index (κ1) is 12.6. The fourth-order valence-electron chi connectivity index (χ4n) is 0.883. The van der Waals surface area contributed by atoms with Crippen molar-refractivity contribution in [1.82, 2.24) is 4.90 Å². The summed E-state index contributed by atoms with van der Waals surface area (Å²) in [6, 6.07) is 3.52. The highest BCUT2D eigenvalue weighted by atomic mass is 35.5. The molecular weight excluding hydrogens is 198 g/mol. The number of allylic oxidation sites excluding steroid dienone is 3. The molecule has 0 heterocycles. The third-order valence-corrected chi connectivity index (χ3v) is 2.06. The van der Waals surface area contributed by atoms with E-state index in [1.807, 2.05) is 18.7 Å². The molecule has 0 radical (unpaired) electrons. The van der Waals surface area contributed by atoms with Crippen LogP contribution in [0, 0.1) is 22.7 Å². The lowest BCUT2D eigenvalue weighted by Crippen LogP contribution is -2.19. The van der Waals surface area contributed by atoms with Crippen molar-refractivity contribution in [3.63, 3.8) is 0 Å². The van der Waals surface area contributed by atoms with Gasteiger partial charge in [-0.3, -0.25) is 0 Å². The molecule has 0 bridgehead atoms. The van der Waals surface area contributed by atoms with Gasteiger partial charge in [0.05, 0.1) is 0 Å². The third-order valence-electron chi connectivity index (χ3n) is 1.69. The lowest BCUT2D eigenvalue weighted by molar-refractivity contribution is 0.406. The van der Waals surface area contributed by atoms with Crippen LogP contribution in [0.3, 0.4) is 0 Å². The van der Waals surface area contributed by atoms with Crippen LogP contribution in [0.15, 0.2) is 22.9 Å². The Hall–Kier alpha value is -1.45. The van der Waals surface area contributed by atoms with Crippen molar-refractivity contribution in [2.45, 2.75) is 13.8 Å². The molecule has 0 aromatic rings. The predicted octanol–water partition coefficient (Wildman–Crippen LogP) is 2.38. The van der Waals surface area contributed by atoms with Crippen LogP contribution in [-0.2, 0) is 0 Å². The Morgan fingerprint density at radius 2 is 1.71 bits per heavy atom. The van der Waals surface area contributed by atoms with Crippen LogP contribution in [0.1, 0.15) is 13.8 Å². The fraction of sp³-hybridized carbons (Fsp3) is 0.400. The Morgan fingerprint density at radius 3 is 2.07 bits per heavy atom. The van der Waals surface area contributed by atoms with Gasteiger partial charge in [0.2, 0.25) is 0 Å². The van der Waals surface area contributed by atoms with Gasteiger partial charge < -0.3 is 4.90 Å². The minimum atomic E-state index is 0.0512. The highest BCUT2D eigenvalue weighted by Gasteiger charge is 2.00. The van der Waals surface area contributed by atoms with Gasteiger partial charge in [-0.25, -0.2) is 0 Å². The summed E-state index contributed by atoms with van der Waals surface area (Å²) in [6.07, 6.45) is 2.98. The lowest BCUT2D eigenvalue weighted by atomic mass is 10.3. The van der Waals surface area contributed by atoms with Crippen molar-refractivity contribution in [3.05, 3.63) is 22.9 Å². The molecule has 0 unspecified atom stereocenters. The van der Waals surface area contributed by atoms with E-state index in [1.54, 1.807) is 18.2 Å². The maximum absolute atomic E-state index is 8.47. The number of nitriles is 2. The predicted molar refractivity (Wildman–Crippen MR) is 56.2 cm³/mol. The maximum atomic E-state index is 8.47. The zero-order valence-electron chi connectivity index (χ0n) is 8.29. The first-order valence-corrected chi connectivity index (χ1v) is 4.70. The van der Waals surface area contributed by atoms with Crippen LogP contribution in [0.2, 0.25) is 0 Å². The SMILES string of the molecule is CCN(CC)/C(Cl)=C/C=C(C#N)C#N. The Bertz CT molecular complexity index is 297. The topological polar surface area (TPSA) is 50.8 Å². The number of halogens is 1. The van der Waals surface area contributed by atoms with E-state index in [4.69, 9.17) is 22.1 Å². The van der Waals surface area contributed by atoms with Crippen molar-refractivity contribution in [2.75, 3.05) is 13.1 Å². The highest BCUT2D eigenvalue weighted by molar-refractivity contribution is 6.29. The Balaban J connectivity index is 4.62. The van der Waals surface area contributed by atoms with Gasteiger partial charge in [-0.1, -0.05) is 11.6 Å². The van der Waals surface area contributed by atoms with Crippen molar-refractivity contribution in [1.29, 1.82) is 10.5 Å². The summed E-state index contributed by atoms with van der Waals surface area (Å²) in [6.45, 7) is 5.57. The summed E-state index contributed by atoms with van der Waals surface area (Å²) in [5, 5.41) is 17.5. The van der Waals surface area contributed by atoms with E-state index < -0.39 is 0 Å². The van der Waals surface area contributed by atoms with Crippen molar-refractivity contribution < 1.29 is 0 Å². The second-order valence-corrected chi connectivity index (χ2v) is 2.85. The molecule has 74 valence electrons. The molecule has 0 saturated carbocycles. The minimum absolute atomic E-state index is 0.0512. The van der Waals surface area contributed by atoms with E-state index in [2.05, 4.69) is 0 Å². The summed E-state index contributed by atoms with van der Waals surface area (Å²) < 4.78 is 0. The van der Waals surface area contributed by atoms with Gasteiger partial charge in [-0.05, 0) is 26.0 Å². The normalized spacial score (nSPS) is 9.93. The molecule has 0 atom stereocenters. The molecule has 0 aromatic heterocycles. The van der Waals surface area contributed by atoms with Crippen LogP contribution < -0.4 is 0 Å². The standard InChI is InChI=1S/C10H12ClN3/c1-3-14(4-2)10(11)6-5-9(7-12)8-13/h5-6H,3-4H2,1-2H3/b10-6+. The molecule has 0 aliphatic carbocycles. The minimum Gasteiger partial charge on any atom is -0.363 e. The van der Waals surface area contributed by atoms with Crippen LogP contribution >= 0.6 is 11.6 Å². The summed E-state index contributed by atoms with van der Waals surface area (Å²) >= 11 is 5.93. The summed E-state index contributed by atoms with van der Waals surface area (Å²) in [7, 11) is 0. The maximum Gasteiger partial charge on any atom is 0.129 e. The zero-order valence-corrected chi connectivity index (χ0v) is 9.04. The van der Waals surface area contributed by atoms with Gasteiger partial charge in [-0.2, -0.15) is 10.5 Å². The smallest absolute Gasteiger partial charge is 0.129 e. The molecule has 14 heavy (non-hydrogen) atoms. The monoisotopic (exact) mass is 209 g/mol. The van der Waals surface area contributed by atoms with E-state index in [9.17, 15) is 0 Å². The molecular formula is C10H12ClN3. The first-order valence-electron chi connectivity index (χ1n) is 4.32. The van der Waals surface area contributed by atoms with Gasteiger partial charge in [0.25, 0.3) is 0 Å². The molecule has 4 heteroatoms. The molecule has 3 nitrogen and oxygen atoms in total. The number of hydrogen-bond acceptors (Lipinski definition) is 3. The van der Waals surface area contributed by atoms with E-state index in [-0.39, 0.29) is 5.57 Å². The highest BCUT2D eigenvalue weighted by Crippen LogP contribution is 2.09. The van der Waals surface area contributed by atoms with Crippen LogP contribution in [0.4, 0.5) is 0 Å². The average Bonchev–Trinajstić information content (AvgIpc) is 2.21. The third kappa shape index (κ3) is 3.98. The molecule has 0 aliphatic heterocycles. The average molecular weight is 210 g/mol. The largest absolute Gasteiger partial charge is 0.363 e. The van der Waals surface area contributed by atoms with Crippen molar-refractivity contribution in [2.24, 2.45) is 0 Å². The van der Waals surface area contributed by atoms with E-state index >= 15 is 0 Å². The van der Waals surface area contributed by atoms with Gasteiger partial charge in [0.15, 0.2) is 0 Å². The first-order chi connectivity index (χ1) is 6.69.